The average molecular weight is 502 g/mol. The van der Waals surface area contributed by atoms with Gasteiger partial charge in [0.2, 0.25) is 0 Å². The molecule has 1 amide bonds. The summed E-state index contributed by atoms with van der Waals surface area (Å²) in [5.74, 6) is -0.216. The van der Waals surface area contributed by atoms with Gasteiger partial charge in [-0.05, 0) is 56.8 Å². The number of rotatable bonds is 11. The van der Waals surface area contributed by atoms with Gasteiger partial charge in [0.1, 0.15) is 0 Å². The highest BCUT2D eigenvalue weighted by Crippen LogP contribution is 2.30. The van der Waals surface area contributed by atoms with Crippen LogP contribution in [0.3, 0.4) is 0 Å². The Hall–Kier alpha value is -2.49. The van der Waals surface area contributed by atoms with E-state index in [2.05, 4.69) is 40.0 Å². The lowest BCUT2D eigenvalue weighted by molar-refractivity contribution is 0.0953. The molecule has 2 fully saturated rings. The number of thiazole rings is 1. The normalized spacial score (nSPS) is 20.4. The number of anilines is 2. The Labute approximate surface area is 211 Å². The molecule has 190 valence electrons. The summed E-state index contributed by atoms with van der Waals surface area (Å²) in [7, 11) is 1.75. The molecular formula is C26H36FN5O2S. The van der Waals surface area contributed by atoms with Crippen LogP contribution in [0, 0.1) is 0 Å². The average Bonchev–Trinajstić information content (AvgIpc) is 3.61. The van der Waals surface area contributed by atoms with Crippen molar-refractivity contribution in [3.63, 3.8) is 0 Å². The second-order valence-corrected chi connectivity index (χ2v) is 10.2. The maximum absolute atomic E-state index is 13.0. The smallest absolute Gasteiger partial charge is 0.253 e. The van der Waals surface area contributed by atoms with E-state index in [1.165, 1.54) is 12.8 Å². The molecule has 2 aromatic rings. The minimum atomic E-state index is -0.455. The third-order valence-corrected chi connectivity index (χ3v) is 7.74. The number of likely N-dealkylation sites (tertiary alicyclic amines) is 1. The molecule has 0 spiro atoms. The van der Waals surface area contributed by atoms with Gasteiger partial charge in [-0.1, -0.05) is 12.6 Å². The van der Waals surface area contributed by atoms with Crippen molar-refractivity contribution in [2.45, 2.75) is 51.3 Å². The Balaban J connectivity index is 1.49. The van der Waals surface area contributed by atoms with Gasteiger partial charge in [0.15, 0.2) is 5.13 Å². The van der Waals surface area contributed by atoms with Crippen LogP contribution in [-0.4, -0.2) is 67.9 Å². The molecule has 2 aliphatic rings. The number of aromatic nitrogens is 1. The Morgan fingerprint density at radius 3 is 2.91 bits per heavy atom. The number of hydrogen-bond acceptors (Lipinski definition) is 7. The van der Waals surface area contributed by atoms with Gasteiger partial charge in [-0.3, -0.25) is 14.1 Å². The molecule has 2 saturated heterocycles. The molecule has 4 rings (SSSR count). The number of nitrogens with one attached hydrogen (secondary N) is 2. The topological polar surface area (TPSA) is 69.7 Å². The fourth-order valence-corrected chi connectivity index (χ4v) is 5.56. The second kappa shape index (κ2) is 12.0. The first-order valence-electron chi connectivity index (χ1n) is 12.4. The lowest BCUT2D eigenvalue weighted by Gasteiger charge is -2.22. The minimum absolute atomic E-state index is 0.216. The Morgan fingerprint density at radius 1 is 1.34 bits per heavy atom. The molecule has 2 N–H and O–H groups in total. The van der Waals surface area contributed by atoms with Gasteiger partial charge in [0.25, 0.3) is 5.91 Å². The predicted molar refractivity (Wildman–Crippen MR) is 141 cm³/mol. The van der Waals surface area contributed by atoms with Crippen molar-refractivity contribution < 1.29 is 13.9 Å². The molecule has 9 heteroatoms. The zero-order valence-electron chi connectivity index (χ0n) is 20.7. The number of amides is 1. The zero-order valence-corrected chi connectivity index (χ0v) is 21.5. The summed E-state index contributed by atoms with van der Waals surface area (Å²) in [6, 6.07) is 6.47. The SMILES string of the molecule is C=C(Nc1ccc(CN2CCC[C@@H]2C)cc1C(=O)NCCCF)c1csc(N2CC[C@H](OC)C2)n1. The van der Waals surface area contributed by atoms with Gasteiger partial charge in [0, 0.05) is 44.7 Å². The van der Waals surface area contributed by atoms with Gasteiger partial charge in [-0.15, -0.1) is 11.3 Å². The van der Waals surface area contributed by atoms with Gasteiger partial charge in [-0.25, -0.2) is 4.98 Å². The number of carbonyl (C=O) groups excluding carboxylic acids is 1. The van der Waals surface area contributed by atoms with Crippen LogP contribution in [0.5, 0.6) is 0 Å². The Morgan fingerprint density at radius 2 is 2.20 bits per heavy atom. The number of nitrogens with zero attached hydrogens (tertiary/aromatic N) is 3. The van der Waals surface area contributed by atoms with E-state index in [4.69, 9.17) is 9.72 Å². The van der Waals surface area contributed by atoms with Crippen molar-refractivity contribution in [2.24, 2.45) is 0 Å². The Bertz CT molecular complexity index is 1030. The first-order chi connectivity index (χ1) is 17.0. The summed E-state index contributed by atoms with van der Waals surface area (Å²) < 4.78 is 18.0. The largest absolute Gasteiger partial charge is 0.380 e. The zero-order chi connectivity index (χ0) is 24.8. The maximum Gasteiger partial charge on any atom is 0.253 e. The molecule has 2 aliphatic heterocycles. The first-order valence-corrected chi connectivity index (χ1v) is 13.3. The van der Waals surface area contributed by atoms with Crippen molar-refractivity contribution in [3.05, 3.63) is 47.0 Å². The van der Waals surface area contributed by atoms with Crippen LogP contribution in [-0.2, 0) is 11.3 Å². The lowest BCUT2D eigenvalue weighted by Crippen LogP contribution is -2.28. The van der Waals surface area contributed by atoms with Gasteiger partial charge in [-0.2, -0.15) is 0 Å². The number of benzene rings is 1. The second-order valence-electron chi connectivity index (χ2n) is 9.35. The van der Waals surface area contributed by atoms with Gasteiger partial charge >= 0.3 is 0 Å². The van der Waals surface area contributed by atoms with Crippen LogP contribution in [0.25, 0.3) is 5.70 Å². The van der Waals surface area contributed by atoms with E-state index in [-0.39, 0.29) is 12.0 Å². The molecule has 0 unspecified atom stereocenters. The molecule has 7 nitrogen and oxygen atoms in total. The molecule has 1 aromatic carbocycles. The summed E-state index contributed by atoms with van der Waals surface area (Å²) in [5, 5.41) is 9.08. The third-order valence-electron chi connectivity index (χ3n) is 6.84. The monoisotopic (exact) mass is 501 g/mol. The summed E-state index contributed by atoms with van der Waals surface area (Å²) in [6.45, 7) is 9.92. The Kier molecular flexibility index (Phi) is 8.75. The van der Waals surface area contributed by atoms with Crippen molar-refractivity contribution in [1.29, 1.82) is 0 Å². The quantitative estimate of drug-likeness (QED) is 0.441. The molecule has 0 bridgehead atoms. The molecule has 1 aromatic heterocycles. The van der Waals surface area contributed by atoms with E-state index >= 15 is 0 Å². The standard InChI is InChI=1S/C26H36FN5O2S/c1-18-6-4-12-31(18)15-20-7-8-23(22(14-20)25(33)28-11-5-10-27)29-19(2)24-17-35-26(30-24)32-13-9-21(16-32)34-3/h7-8,14,17-18,21,29H,2,4-6,9-13,15-16H2,1,3H3,(H,28,33)/t18-,21-/m0/s1. The first kappa shape index (κ1) is 25.6. The fraction of sp³-hybridized carbons (Fsp3) is 0.538. The van der Waals surface area contributed by atoms with Crippen LogP contribution in [0.1, 0.15) is 54.2 Å². The van der Waals surface area contributed by atoms with Gasteiger partial charge < -0.3 is 20.3 Å². The van der Waals surface area contributed by atoms with Crippen LogP contribution in [0.2, 0.25) is 0 Å². The molecule has 0 radical (unpaired) electrons. The molecule has 0 saturated carbocycles. The summed E-state index contributed by atoms with van der Waals surface area (Å²) in [5.41, 5.74) is 3.68. The van der Waals surface area contributed by atoms with Crippen LogP contribution in [0.15, 0.2) is 30.2 Å². The van der Waals surface area contributed by atoms with Gasteiger partial charge in [0.05, 0.1) is 35.4 Å². The number of ether oxygens (including phenoxy) is 1. The van der Waals surface area contributed by atoms with E-state index in [0.717, 1.165) is 49.0 Å². The highest BCUT2D eigenvalue weighted by Gasteiger charge is 2.25. The summed E-state index contributed by atoms with van der Waals surface area (Å²) in [6.07, 6.45) is 3.94. The number of alkyl halides is 1. The number of carbonyl (C=O) groups is 1. The minimum Gasteiger partial charge on any atom is -0.380 e. The van der Waals surface area contributed by atoms with Crippen molar-refractivity contribution in [2.75, 3.05) is 50.2 Å². The maximum atomic E-state index is 13.0. The van der Waals surface area contributed by atoms with E-state index < -0.39 is 6.67 Å². The number of halogens is 1. The molecule has 2 atom stereocenters. The van der Waals surface area contributed by atoms with E-state index in [1.54, 1.807) is 18.4 Å². The van der Waals surface area contributed by atoms with Crippen molar-refractivity contribution in [3.8, 4) is 0 Å². The van der Waals surface area contributed by atoms with Crippen LogP contribution in [0.4, 0.5) is 15.2 Å². The fourth-order valence-electron chi connectivity index (χ4n) is 4.68. The molecule has 3 heterocycles. The van der Waals surface area contributed by atoms with Crippen molar-refractivity contribution >= 4 is 33.8 Å². The summed E-state index contributed by atoms with van der Waals surface area (Å²) >= 11 is 1.58. The van der Waals surface area contributed by atoms with E-state index in [1.807, 2.05) is 17.5 Å². The highest BCUT2D eigenvalue weighted by atomic mass is 32.1. The molecular weight excluding hydrogens is 465 g/mol. The van der Waals surface area contributed by atoms with E-state index in [9.17, 15) is 9.18 Å². The third kappa shape index (κ3) is 6.39. The molecule has 35 heavy (non-hydrogen) atoms. The van der Waals surface area contributed by atoms with Crippen LogP contribution >= 0.6 is 11.3 Å². The van der Waals surface area contributed by atoms with E-state index in [0.29, 0.717) is 36.0 Å². The van der Waals surface area contributed by atoms with Crippen LogP contribution < -0.4 is 15.5 Å². The number of methoxy groups -OCH3 is 1. The lowest BCUT2D eigenvalue weighted by atomic mass is 10.1. The van der Waals surface area contributed by atoms with Crippen molar-refractivity contribution in [1.82, 2.24) is 15.2 Å². The molecule has 0 aliphatic carbocycles. The predicted octanol–water partition coefficient (Wildman–Crippen LogP) is 4.52. The summed E-state index contributed by atoms with van der Waals surface area (Å²) in [4.78, 5) is 22.4. The number of hydrogen-bond donors (Lipinski definition) is 2. The highest BCUT2D eigenvalue weighted by molar-refractivity contribution is 7.13.